The number of hydrogen-bond donors (Lipinski definition) is 2. The standard InChI is InChI=1S/C9H20N2O/c1-4-5-6-7(2)11-9(12)8(3)10/h7-8H,4-6,10H2,1-3H3,(H,11,12)/t7?,8-/m0/s1. The second-order valence-electron chi connectivity index (χ2n) is 3.34. The normalized spacial score (nSPS) is 15.3. The number of carbonyl (C=O) groups is 1. The molecule has 0 heterocycles. The molecule has 0 aromatic carbocycles. The van der Waals surface area contributed by atoms with Gasteiger partial charge in [0.25, 0.3) is 0 Å². The van der Waals surface area contributed by atoms with E-state index in [4.69, 9.17) is 5.73 Å². The maximum Gasteiger partial charge on any atom is 0.236 e. The van der Waals surface area contributed by atoms with Crippen LogP contribution in [0, 0.1) is 0 Å². The summed E-state index contributed by atoms with van der Waals surface area (Å²) in [5.74, 6) is -0.0568. The molecular formula is C9H20N2O. The van der Waals surface area contributed by atoms with Gasteiger partial charge >= 0.3 is 0 Å². The van der Waals surface area contributed by atoms with Crippen LogP contribution in [-0.4, -0.2) is 18.0 Å². The Hall–Kier alpha value is -0.570. The molecule has 0 saturated heterocycles. The Kier molecular flexibility index (Phi) is 5.72. The minimum Gasteiger partial charge on any atom is -0.352 e. The number of hydrogen-bond acceptors (Lipinski definition) is 2. The summed E-state index contributed by atoms with van der Waals surface area (Å²) in [6.45, 7) is 5.85. The summed E-state index contributed by atoms with van der Waals surface area (Å²) in [7, 11) is 0. The lowest BCUT2D eigenvalue weighted by molar-refractivity contribution is -0.122. The second kappa shape index (κ2) is 6.00. The summed E-state index contributed by atoms with van der Waals surface area (Å²) in [6, 6.07) is -0.141. The number of amides is 1. The third kappa shape index (κ3) is 5.13. The zero-order chi connectivity index (χ0) is 9.56. The van der Waals surface area contributed by atoms with Crippen molar-refractivity contribution in [3.8, 4) is 0 Å². The molecule has 0 aliphatic heterocycles. The van der Waals surface area contributed by atoms with Gasteiger partial charge in [0.05, 0.1) is 6.04 Å². The van der Waals surface area contributed by atoms with Gasteiger partial charge in [-0.3, -0.25) is 4.79 Å². The van der Waals surface area contributed by atoms with Crippen molar-refractivity contribution in [2.24, 2.45) is 5.73 Å². The highest BCUT2D eigenvalue weighted by Gasteiger charge is 2.09. The number of unbranched alkanes of at least 4 members (excludes halogenated alkanes) is 1. The first-order chi connectivity index (χ1) is 5.57. The zero-order valence-corrected chi connectivity index (χ0v) is 8.26. The molecule has 0 aromatic heterocycles. The lowest BCUT2D eigenvalue weighted by Gasteiger charge is -2.14. The van der Waals surface area contributed by atoms with Gasteiger partial charge in [0.1, 0.15) is 0 Å². The summed E-state index contributed by atoms with van der Waals surface area (Å²) in [5.41, 5.74) is 5.40. The van der Waals surface area contributed by atoms with Gasteiger partial charge in [-0.2, -0.15) is 0 Å². The Bertz CT molecular complexity index is 134. The smallest absolute Gasteiger partial charge is 0.236 e. The van der Waals surface area contributed by atoms with Crippen molar-refractivity contribution in [2.75, 3.05) is 0 Å². The van der Waals surface area contributed by atoms with Crippen molar-refractivity contribution >= 4 is 5.91 Å². The molecule has 0 aliphatic rings. The molecule has 0 spiro atoms. The molecule has 0 rings (SSSR count). The van der Waals surface area contributed by atoms with Gasteiger partial charge in [0.15, 0.2) is 0 Å². The van der Waals surface area contributed by atoms with E-state index in [1.807, 2.05) is 6.92 Å². The summed E-state index contributed by atoms with van der Waals surface area (Å²) in [5, 5.41) is 2.85. The van der Waals surface area contributed by atoms with Gasteiger partial charge in [0, 0.05) is 6.04 Å². The fourth-order valence-electron chi connectivity index (χ4n) is 0.957. The topological polar surface area (TPSA) is 55.1 Å². The highest BCUT2D eigenvalue weighted by Crippen LogP contribution is 1.99. The van der Waals surface area contributed by atoms with Crippen molar-refractivity contribution < 1.29 is 4.79 Å². The third-order valence-corrected chi connectivity index (χ3v) is 1.79. The van der Waals surface area contributed by atoms with Crippen LogP contribution in [0.25, 0.3) is 0 Å². The lowest BCUT2D eigenvalue weighted by Crippen LogP contribution is -2.42. The Morgan fingerprint density at radius 2 is 2.08 bits per heavy atom. The average Bonchev–Trinajstić information content (AvgIpc) is 2.00. The predicted octanol–water partition coefficient (Wildman–Crippen LogP) is 1.03. The van der Waals surface area contributed by atoms with Gasteiger partial charge in [-0.25, -0.2) is 0 Å². The van der Waals surface area contributed by atoms with Gasteiger partial charge in [0.2, 0.25) is 5.91 Å². The molecule has 0 radical (unpaired) electrons. The van der Waals surface area contributed by atoms with Crippen molar-refractivity contribution in [1.82, 2.24) is 5.32 Å². The highest BCUT2D eigenvalue weighted by molar-refractivity contribution is 5.81. The van der Waals surface area contributed by atoms with Crippen molar-refractivity contribution in [2.45, 2.75) is 52.1 Å². The van der Waals surface area contributed by atoms with Crippen molar-refractivity contribution in [3.63, 3.8) is 0 Å². The molecule has 1 amide bonds. The molecular weight excluding hydrogens is 152 g/mol. The molecule has 0 aliphatic carbocycles. The third-order valence-electron chi connectivity index (χ3n) is 1.79. The lowest BCUT2D eigenvalue weighted by atomic mass is 10.1. The Balaban J connectivity index is 3.54. The van der Waals surface area contributed by atoms with Gasteiger partial charge in [-0.15, -0.1) is 0 Å². The summed E-state index contributed by atoms with van der Waals surface area (Å²) >= 11 is 0. The molecule has 2 atom stereocenters. The van der Waals surface area contributed by atoms with E-state index in [9.17, 15) is 4.79 Å². The Labute approximate surface area is 74.7 Å². The first kappa shape index (κ1) is 11.4. The molecule has 0 saturated carbocycles. The van der Waals surface area contributed by atoms with E-state index in [1.165, 1.54) is 6.42 Å². The first-order valence-electron chi connectivity index (χ1n) is 4.63. The van der Waals surface area contributed by atoms with Crippen LogP contribution in [0.15, 0.2) is 0 Å². The first-order valence-corrected chi connectivity index (χ1v) is 4.63. The minimum absolute atomic E-state index is 0.0568. The molecule has 1 unspecified atom stereocenters. The molecule has 72 valence electrons. The van der Waals surface area contributed by atoms with Crippen LogP contribution >= 0.6 is 0 Å². The van der Waals surface area contributed by atoms with Crippen LogP contribution < -0.4 is 11.1 Å². The Morgan fingerprint density at radius 1 is 1.50 bits per heavy atom. The second-order valence-corrected chi connectivity index (χ2v) is 3.34. The predicted molar refractivity (Wildman–Crippen MR) is 50.8 cm³/mol. The van der Waals surface area contributed by atoms with E-state index in [1.54, 1.807) is 6.92 Å². The van der Waals surface area contributed by atoms with E-state index in [2.05, 4.69) is 12.2 Å². The maximum atomic E-state index is 11.1. The largest absolute Gasteiger partial charge is 0.352 e. The monoisotopic (exact) mass is 172 g/mol. The molecule has 3 N–H and O–H groups in total. The molecule has 3 heteroatoms. The van der Waals surface area contributed by atoms with Crippen LogP contribution in [0.5, 0.6) is 0 Å². The number of nitrogens with two attached hydrogens (primary N) is 1. The van der Waals surface area contributed by atoms with E-state index in [-0.39, 0.29) is 11.9 Å². The fourth-order valence-corrected chi connectivity index (χ4v) is 0.957. The summed E-state index contributed by atoms with van der Waals surface area (Å²) in [6.07, 6.45) is 3.35. The van der Waals surface area contributed by atoms with Crippen molar-refractivity contribution in [1.29, 1.82) is 0 Å². The van der Waals surface area contributed by atoms with E-state index >= 15 is 0 Å². The van der Waals surface area contributed by atoms with Crippen LogP contribution in [0.1, 0.15) is 40.0 Å². The van der Waals surface area contributed by atoms with Crippen LogP contribution in [0.2, 0.25) is 0 Å². The average molecular weight is 172 g/mol. The van der Waals surface area contributed by atoms with Gasteiger partial charge in [-0.1, -0.05) is 19.8 Å². The maximum absolute atomic E-state index is 11.1. The highest BCUT2D eigenvalue weighted by atomic mass is 16.2. The van der Waals surface area contributed by atoms with Crippen LogP contribution in [-0.2, 0) is 4.79 Å². The Morgan fingerprint density at radius 3 is 2.50 bits per heavy atom. The number of nitrogens with one attached hydrogen (secondary N) is 1. The van der Waals surface area contributed by atoms with Crippen LogP contribution in [0.4, 0.5) is 0 Å². The van der Waals surface area contributed by atoms with Gasteiger partial charge < -0.3 is 11.1 Å². The molecule has 0 bridgehead atoms. The van der Waals surface area contributed by atoms with E-state index in [0.29, 0.717) is 0 Å². The number of rotatable bonds is 5. The number of carbonyl (C=O) groups excluding carboxylic acids is 1. The molecule has 3 nitrogen and oxygen atoms in total. The van der Waals surface area contributed by atoms with E-state index < -0.39 is 6.04 Å². The van der Waals surface area contributed by atoms with Gasteiger partial charge in [-0.05, 0) is 20.3 Å². The van der Waals surface area contributed by atoms with Crippen molar-refractivity contribution in [3.05, 3.63) is 0 Å². The molecule has 12 heavy (non-hydrogen) atoms. The van der Waals surface area contributed by atoms with E-state index in [0.717, 1.165) is 12.8 Å². The fraction of sp³-hybridized carbons (Fsp3) is 0.889. The summed E-state index contributed by atoms with van der Waals surface area (Å²) in [4.78, 5) is 11.1. The molecule has 0 aromatic rings. The zero-order valence-electron chi connectivity index (χ0n) is 8.26. The van der Waals surface area contributed by atoms with Crippen LogP contribution in [0.3, 0.4) is 0 Å². The summed E-state index contributed by atoms with van der Waals surface area (Å²) < 4.78 is 0. The SMILES string of the molecule is CCCCC(C)NC(=O)[C@H](C)N. The minimum atomic E-state index is -0.394. The quantitative estimate of drug-likeness (QED) is 0.650. The molecule has 0 fully saturated rings.